The molecular formula is C16H25NO3S. The van der Waals surface area contributed by atoms with Crippen molar-refractivity contribution < 1.29 is 13.5 Å². The number of aliphatic hydroxyl groups is 1. The summed E-state index contributed by atoms with van der Waals surface area (Å²) in [6.45, 7) is 7.80. The van der Waals surface area contributed by atoms with Gasteiger partial charge < -0.3 is 5.11 Å². The number of hydrogen-bond donors (Lipinski definition) is 2. The van der Waals surface area contributed by atoms with Crippen LogP contribution in [-0.2, 0) is 16.6 Å². The molecule has 2 rings (SSSR count). The zero-order chi connectivity index (χ0) is 15.8. The van der Waals surface area contributed by atoms with Crippen LogP contribution in [0.1, 0.15) is 43.4 Å². The van der Waals surface area contributed by atoms with Gasteiger partial charge in [-0.2, -0.15) is 0 Å². The molecule has 0 bridgehead atoms. The topological polar surface area (TPSA) is 66.4 Å². The van der Waals surface area contributed by atoms with Crippen molar-refractivity contribution in [1.82, 2.24) is 4.72 Å². The van der Waals surface area contributed by atoms with E-state index in [9.17, 15) is 13.5 Å². The molecule has 1 aliphatic rings. The Kier molecular flexibility index (Phi) is 4.76. The summed E-state index contributed by atoms with van der Waals surface area (Å²) in [5, 5.41) is 9.35. The normalized spacial score (nSPS) is 26.2. The SMILES string of the molecule is Cc1cc(C)c(S(=O)(=O)NC2CCC(C)C2C)cc1CO. The molecular weight excluding hydrogens is 286 g/mol. The van der Waals surface area contributed by atoms with E-state index in [1.54, 1.807) is 13.0 Å². The maximum atomic E-state index is 12.6. The summed E-state index contributed by atoms with van der Waals surface area (Å²) in [4.78, 5) is 0.281. The summed E-state index contributed by atoms with van der Waals surface area (Å²) in [7, 11) is -3.54. The van der Waals surface area contributed by atoms with Gasteiger partial charge in [0.15, 0.2) is 0 Å². The van der Waals surface area contributed by atoms with Gasteiger partial charge in [0, 0.05) is 6.04 Å². The van der Waals surface area contributed by atoms with Crippen molar-refractivity contribution in [2.45, 2.75) is 58.1 Å². The van der Waals surface area contributed by atoms with E-state index >= 15 is 0 Å². The molecule has 0 heterocycles. The molecule has 0 aromatic heterocycles. The smallest absolute Gasteiger partial charge is 0.241 e. The molecule has 0 spiro atoms. The molecule has 118 valence electrons. The maximum Gasteiger partial charge on any atom is 0.241 e. The first kappa shape index (κ1) is 16.5. The summed E-state index contributed by atoms with van der Waals surface area (Å²) in [6.07, 6.45) is 1.95. The van der Waals surface area contributed by atoms with Crippen LogP contribution in [0.3, 0.4) is 0 Å². The minimum absolute atomic E-state index is 0.00304. The van der Waals surface area contributed by atoms with Crippen molar-refractivity contribution in [2.75, 3.05) is 0 Å². The van der Waals surface area contributed by atoms with Gasteiger partial charge in [0.2, 0.25) is 10.0 Å². The molecule has 1 aromatic rings. The third-order valence-corrected chi connectivity index (χ3v) is 6.50. The summed E-state index contributed by atoms with van der Waals surface area (Å²) >= 11 is 0. The van der Waals surface area contributed by atoms with Crippen LogP contribution in [0.15, 0.2) is 17.0 Å². The first-order valence-corrected chi connectivity index (χ1v) is 8.98. The van der Waals surface area contributed by atoms with Crippen molar-refractivity contribution in [2.24, 2.45) is 11.8 Å². The lowest BCUT2D eigenvalue weighted by Gasteiger charge is -2.21. The Morgan fingerprint density at radius 1 is 1.19 bits per heavy atom. The van der Waals surface area contributed by atoms with Crippen molar-refractivity contribution in [1.29, 1.82) is 0 Å². The maximum absolute atomic E-state index is 12.6. The zero-order valence-corrected chi connectivity index (χ0v) is 14.0. The highest BCUT2D eigenvalue weighted by molar-refractivity contribution is 7.89. The first-order chi connectivity index (χ1) is 9.76. The lowest BCUT2D eigenvalue weighted by atomic mass is 9.98. The second-order valence-corrected chi connectivity index (χ2v) is 8.03. The monoisotopic (exact) mass is 311 g/mol. The number of rotatable bonds is 4. The summed E-state index contributed by atoms with van der Waals surface area (Å²) in [5.41, 5.74) is 2.29. The Bertz CT molecular complexity index is 625. The van der Waals surface area contributed by atoms with Gasteiger partial charge >= 0.3 is 0 Å². The second-order valence-electron chi connectivity index (χ2n) is 6.34. The lowest BCUT2D eigenvalue weighted by molar-refractivity contribution is 0.280. The van der Waals surface area contributed by atoms with Crippen molar-refractivity contribution in [3.05, 3.63) is 28.8 Å². The Hall–Kier alpha value is -0.910. The minimum atomic E-state index is -3.54. The second kappa shape index (κ2) is 6.07. The molecule has 0 aliphatic heterocycles. The molecule has 1 aliphatic carbocycles. The quantitative estimate of drug-likeness (QED) is 0.898. The van der Waals surface area contributed by atoms with Crippen LogP contribution >= 0.6 is 0 Å². The van der Waals surface area contributed by atoms with Gasteiger partial charge in [0.05, 0.1) is 11.5 Å². The van der Waals surface area contributed by atoms with Crippen LogP contribution in [0, 0.1) is 25.7 Å². The molecule has 2 N–H and O–H groups in total. The van der Waals surface area contributed by atoms with Gasteiger partial charge in [0.25, 0.3) is 0 Å². The molecule has 0 amide bonds. The van der Waals surface area contributed by atoms with E-state index in [1.165, 1.54) is 0 Å². The van der Waals surface area contributed by atoms with E-state index in [-0.39, 0.29) is 17.5 Å². The predicted octanol–water partition coefficient (Wildman–Crippen LogP) is 2.51. The molecule has 4 nitrogen and oxygen atoms in total. The molecule has 1 fully saturated rings. The van der Waals surface area contributed by atoms with Gasteiger partial charge in [0.1, 0.15) is 0 Å². The van der Waals surface area contributed by atoms with E-state index in [1.807, 2.05) is 13.0 Å². The molecule has 21 heavy (non-hydrogen) atoms. The molecule has 5 heteroatoms. The molecule has 1 aromatic carbocycles. The first-order valence-electron chi connectivity index (χ1n) is 7.49. The number of aryl methyl sites for hydroxylation is 2. The standard InChI is InChI=1S/C16H25NO3S/c1-10-5-6-15(13(10)4)17-21(19,20)16-8-14(9-18)11(2)7-12(16)3/h7-8,10,13,15,17-18H,5-6,9H2,1-4H3. The largest absolute Gasteiger partial charge is 0.392 e. The van der Waals surface area contributed by atoms with Crippen LogP contribution in [0.25, 0.3) is 0 Å². The number of benzene rings is 1. The van der Waals surface area contributed by atoms with Crippen LogP contribution in [0.5, 0.6) is 0 Å². The molecule has 1 saturated carbocycles. The van der Waals surface area contributed by atoms with Gasteiger partial charge in [-0.1, -0.05) is 19.9 Å². The van der Waals surface area contributed by atoms with Crippen LogP contribution in [0.2, 0.25) is 0 Å². The molecule has 3 unspecified atom stereocenters. The fourth-order valence-corrected chi connectivity index (χ4v) is 4.77. The van der Waals surface area contributed by atoms with Crippen LogP contribution in [0.4, 0.5) is 0 Å². The molecule has 0 saturated heterocycles. The Labute approximate surface area is 127 Å². The van der Waals surface area contributed by atoms with Crippen LogP contribution < -0.4 is 4.72 Å². The predicted molar refractivity (Wildman–Crippen MR) is 83.5 cm³/mol. The zero-order valence-electron chi connectivity index (χ0n) is 13.2. The summed E-state index contributed by atoms with van der Waals surface area (Å²) in [5.74, 6) is 0.896. The Morgan fingerprint density at radius 3 is 2.38 bits per heavy atom. The fourth-order valence-electron chi connectivity index (χ4n) is 3.13. The third-order valence-electron chi connectivity index (χ3n) is 4.87. The number of nitrogens with one attached hydrogen (secondary N) is 1. The number of sulfonamides is 1. The summed E-state index contributed by atoms with van der Waals surface area (Å²) in [6, 6.07) is 3.42. The van der Waals surface area contributed by atoms with E-state index in [4.69, 9.17) is 0 Å². The number of aliphatic hydroxyl groups excluding tert-OH is 1. The van der Waals surface area contributed by atoms with Gasteiger partial charge in [-0.15, -0.1) is 0 Å². The van der Waals surface area contributed by atoms with E-state index < -0.39 is 10.0 Å². The van der Waals surface area contributed by atoms with E-state index in [0.29, 0.717) is 17.4 Å². The van der Waals surface area contributed by atoms with Crippen molar-refractivity contribution in [3.8, 4) is 0 Å². The van der Waals surface area contributed by atoms with Gasteiger partial charge in [-0.3, -0.25) is 0 Å². The number of hydrogen-bond acceptors (Lipinski definition) is 3. The molecule has 3 atom stereocenters. The van der Waals surface area contributed by atoms with Crippen LogP contribution in [-0.4, -0.2) is 19.6 Å². The average molecular weight is 311 g/mol. The highest BCUT2D eigenvalue weighted by atomic mass is 32.2. The van der Waals surface area contributed by atoms with Crippen molar-refractivity contribution in [3.63, 3.8) is 0 Å². The Balaban J connectivity index is 2.32. The van der Waals surface area contributed by atoms with Gasteiger partial charge in [-0.25, -0.2) is 13.1 Å². The fraction of sp³-hybridized carbons (Fsp3) is 0.625. The highest BCUT2D eigenvalue weighted by Gasteiger charge is 2.33. The van der Waals surface area contributed by atoms with Crippen molar-refractivity contribution >= 4 is 10.0 Å². The van der Waals surface area contributed by atoms with E-state index in [0.717, 1.165) is 24.0 Å². The highest BCUT2D eigenvalue weighted by Crippen LogP contribution is 2.32. The molecule has 0 radical (unpaired) electrons. The van der Waals surface area contributed by atoms with E-state index in [2.05, 4.69) is 18.6 Å². The Morgan fingerprint density at radius 2 is 1.86 bits per heavy atom. The average Bonchev–Trinajstić information content (AvgIpc) is 2.70. The minimum Gasteiger partial charge on any atom is -0.392 e. The third kappa shape index (κ3) is 3.30. The summed E-state index contributed by atoms with van der Waals surface area (Å²) < 4.78 is 28.1. The lowest BCUT2D eigenvalue weighted by Crippen LogP contribution is -2.37. The van der Waals surface area contributed by atoms with Gasteiger partial charge in [-0.05, 0) is 61.3 Å².